The molecule has 0 fully saturated rings. The number of aryl methyl sites for hydroxylation is 1. The van der Waals surface area contributed by atoms with Gasteiger partial charge in [0.2, 0.25) is 0 Å². The Morgan fingerprint density at radius 3 is 2.92 bits per heavy atom. The third-order valence-electron chi connectivity index (χ3n) is 4.54. The van der Waals surface area contributed by atoms with E-state index in [0.717, 1.165) is 37.7 Å². The highest BCUT2D eigenvalue weighted by molar-refractivity contribution is 7.15. The summed E-state index contributed by atoms with van der Waals surface area (Å²) in [5, 5.41) is 4.18. The molecule has 3 heterocycles. The summed E-state index contributed by atoms with van der Waals surface area (Å²) >= 11 is 1.80. The van der Waals surface area contributed by atoms with Crippen molar-refractivity contribution < 1.29 is 9.47 Å². The molecule has 1 aliphatic rings. The zero-order valence-corrected chi connectivity index (χ0v) is 15.8. The molecule has 0 saturated carbocycles. The minimum atomic E-state index is 0.651. The molecule has 6 nitrogen and oxygen atoms in total. The molecule has 0 amide bonds. The fourth-order valence-electron chi connectivity index (χ4n) is 3.20. The second-order valence-electron chi connectivity index (χ2n) is 6.36. The second-order valence-corrected chi connectivity index (χ2v) is 7.65. The molecule has 1 aromatic carbocycles. The SMILES string of the molecule is COc1cc(-c2ccc(C)s2)cc2c1OCCN(CCn1cncn1)C2. The minimum absolute atomic E-state index is 0.651. The van der Waals surface area contributed by atoms with Crippen LogP contribution < -0.4 is 9.47 Å². The van der Waals surface area contributed by atoms with Crippen LogP contribution in [0, 0.1) is 6.92 Å². The van der Waals surface area contributed by atoms with E-state index in [0.29, 0.717) is 6.61 Å². The minimum Gasteiger partial charge on any atom is -0.493 e. The molecule has 7 heteroatoms. The van der Waals surface area contributed by atoms with Crippen molar-refractivity contribution in [2.75, 3.05) is 26.8 Å². The van der Waals surface area contributed by atoms with Crippen molar-refractivity contribution in [3.05, 3.63) is 47.4 Å². The maximum absolute atomic E-state index is 6.04. The van der Waals surface area contributed by atoms with Gasteiger partial charge < -0.3 is 9.47 Å². The highest BCUT2D eigenvalue weighted by atomic mass is 32.1. The van der Waals surface area contributed by atoms with Crippen molar-refractivity contribution >= 4 is 11.3 Å². The van der Waals surface area contributed by atoms with Crippen molar-refractivity contribution in [3.63, 3.8) is 0 Å². The first-order valence-corrected chi connectivity index (χ1v) is 9.50. The lowest BCUT2D eigenvalue weighted by Crippen LogP contribution is -2.29. The number of fused-ring (bicyclic) bond motifs is 1. The van der Waals surface area contributed by atoms with Crippen molar-refractivity contribution in [2.24, 2.45) is 0 Å². The van der Waals surface area contributed by atoms with Gasteiger partial charge in [-0.3, -0.25) is 9.58 Å². The number of hydrogen-bond donors (Lipinski definition) is 0. The molecule has 136 valence electrons. The number of aromatic nitrogens is 3. The van der Waals surface area contributed by atoms with E-state index in [2.05, 4.69) is 46.2 Å². The van der Waals surface area contributed by atoms with Crippen LogP contribution in [-0.2, 0) is 13.1 Å². The molecule has 0 unspecified atom stereocenters. The Labute approximate surface area is 157 Å². The van der Waals surface area contributed by atoms with E-state index in [1.165, 1.54) is 20.9 Å². The second kappa shape index (κ2) is 7.47. The summed E-state index contributed by atoms with van der Waals surface area (Å²) in [5.74, 6) is 1.68. The van der Waals surface area contributed by atoms with Crippen LogP contribution in [0.2, 0.25) is 0 Å². The van der Waals surface area contributed by atoms with E-state index in [9.17, 15) is 0 Å². The van der Waals surface area contributed by atoms with Gasteiger partial charge in [0.1, 0.15) is 19.3 Å². The topological polar surface area (TPSA) is 52.4 Å². The predicted molar refractivity (Wildman–Crippen MR) is 102 cm³/mol. The first-order chi connectivity index (χ1) is 12.7. The predicted octanol–water partition coefficient (Wildman–Crippen LogP) is 3.22. The lowest BCUT2D eigenvalue weighted by atomic mass is 10.1. The third kappa shape index (κ3) is 3.59. The molecule has 2 aromatic heterocycles. The quantitative estimate of drug-likeness (QED) is 0.690. The number of rotatable bonds is 5. The third-order valence-corrected chi connectivity index (χ3v) is 5.59. The number of ether oxygens (including phenoxy) is 2. The molecular weight excluding hydrogens is 348 g/mol. The Hall–Kier alpha value is -2.38. The van der Waals surface area contributed by atoms with Crippen LogP contribution in [0.3, 0.4) is 0 Å². The zero-order chi connectivity index (χ0) is 17.9. The van der Waals surface area contributed by atoms with Gasteiger partial charge in [0.15, 0.2) is 11.5 Å². The van der Waals surface area contributed by atoms with Crippen LogP contribution in [-0.4, -0.2) is 46.5 Å². The lowest BCUT2D eigenvalue weighted by Gasteiger charge is -2.19. The number of nitrogens with zero attached hydrogens (tertiary/aromatic N) is 4. The van der Waals surface area contributed by atoms with E-state index < -0.39 is 0 Å². The molecule has 0 radical (unpaired) electrons. The van der Waals surface area contributed by atoms with Gasteiger partial charge in [-0.25, -0.2) is 4.98 Å². The van der Waals surface area contributed by atoms with E-state index in [1.807, 2.05) is 4.68 Å². The molecule has 3 aromatic rings. The van der Waals surface area contributed by atoms with E-state index >= 15 is 0 Å². The van der Waals surface area contributed by atoms with Crippen LogP contribution in [0.1, 0.15) is 10.4 Å². The Morgan fingerprint density at radius 1 is 1.27 bits per heavy atom. The molecular formula is C19H22N4O2S. The molecule has 0 atom stereocenters. The zero-order valence-electron chi connectivity index (χ0n) is 15.0. The summed E-state index contributed by atoms with van der Waals surface area (Å²) in [5.41, 5.74) is 2.35. The summed E-state index contributed by atoms with van der Waals surface area (Å²) < 4.78 is 13.5. The summed E-state index contributed by atoms with van der Waals surface area (Å²) in [6.07, 6.45) is 3.32. The van der Waals surface area contributed by atoms with Gasteiger partial charge in [-0.15, -0.1) is 11.3 Å². The Balaban J connectivity index is 1.60. The van der Waals surface area contributed by atoms with Crippen LogP contribution in [0.5, 0.6) is 11.5 Å². The molecule has 4 rings (SSSR count). The first-order valence-electron chi connectivity index (χ1n) is 8.68. The summed E-state index contributed by atoms with van der Waals surface area (Å²) in [6, 6.07) is 8.63. The van der Waals surface area contributed by atoms with Crippen LogP contribution in [0.25, 0.3) is 10.4 Å². The monoisotopic (exact) mass is 370 g/mol. The highest BCUT2D eigenvalue weighted by Gasteiger charge is 2.21. The van der Waals surface area contributed by atoms with E-state index in [4.69, 9.17) is 9.47 Å². The average molecular weight is 370 g/mol. The maximum atomic E-state index is 6.04. The van der Waals surface area contributed by atoms with Gasteiger partial charge >= 0.3 is 0 Å². The Bertz CT molecular complexity index is 876. The fourth-order valence-corrected chi connectivity index (χ4v) is 4.06. The van der Waals surface area contributed by atoms with Crippen molar-refractivity contribution in [1.29, 1.82) is 0 Å². The number of hydrogen-bond acceptors (Lipinski definition) is 6. The summed E-state index contributed by atoms with van der Waals surface area (Å²) in [4.78, 5) is 8.95. The van der Waals surface area contributed by atoms with Gasteiger partial charge in [0.25, 0.3) is 0 Å². The van der Waals surface area contributed by atoms with E-state index in [-0.39, 0.29) is 0 Å². The largest absolute Gasteiger partial charge is 0.493 e. The van der Waals surface area contributed by atoms with Gasteiger partial charge in [-0.1, -0.05) is 0 Å². The average Bonchev–Trinajstić information content (AvgIpc) is 3.27. The fraction of sp³-hybridized carbons (Fsp3) is 0.368. The standard InChI is InChI=1S/C19H22N4O2S/c1-14-3-4-18(26-14)15-9-16-11-22(5-6-23-13-20-12-21-23)7-8-25-19(16)17(10-15)24-2/h3-4,9-10,12-13H,5-8,11H2,1-2H3. The lowest BCUT2D eigenvalue weighted by molar-refractivity contribution is 0.214. The van der Waals surface area contributed by atoms with Gasteiger partial charge in [-0.2, -0.15) is 5.10 Å². The van der Waals surface area contributed by atoms with Crippen molar-refractivity contribution in [1.82, 2.24) is 19.7 Å². The summed E-state index contributed by atoms with van der Waals surface area (Å²) in [6.45, 7) is 6.20. The van der Waals surface area contributed by atoms with Crippen LogP contribution >= 0.6 is 11.3 Å². The molecule has 0 saturated heterocycles. The van der Waals surface area contributed by atoms with Crippen LogP contribution in [0.15, 0.2) is 36.9 Å². The Kier molecular flexibility index (Phi) is 4.90. The molecule has 0 bridgehead atoms. The normalized spacial score (nSPS) is 14.5. The number of benzene rings is 1. The molecule has 0 N–H and O–H groups in total. The highest BCUT2D eigenvalue weighted by Crippen LogP contribution is 2.39. The smallest absolute Gasteiger partial charge is 0.165 e. The van der Waals surface area contributed by atoms with Crippen LogP contribution in [0.4, 0.5) is 0 Å². The number of methoxy groups -OCH3 is 1. The van der Waals surface area contributed by atoms with Crippen molar-refractivity contribution in [3.8, 4) is 21.9 Å². The van der Waals surface area contributed by atoms with Gasteiger partial charge in [0, 0.05) is 35.0 Å². The van der Waals surface area contributed by atoms with Gasteiger partial charge in [0.05, 0.1) is 13.7 Å². The molecule has 0 aliphatic carbocycles. The van der Waals surface area contributed by atoms with E-state index in [1.54, 1.807) is 31.1 Å². The summed E-state index contributed by atoms with van der Waals surface area (Å²) in [7, 11) is 1.70. The molecule has 0 spiro atoms. The number of thiophene rings is 1. The van der Waals surface area contributed by atoms with Crippen molar-refractivity contribution in [2.45, 2.75) is 20.0 Å². The first kappa shape index (κ1) is 17.1. The Morgan fingerprint density at radius 2 is 2.19 bits per heavy atom. The molecule has 1 aliphatic heterocycles. The molecule has 26 heavy (non-hydrogen) atoms. The van der Waals surface area contributed by atoms with Gasteiger partial charge in [-0.05, 0) is 36.8 Å². The maximum Gasteiger partial charge on any atom is 0.165 e.